The molecule has 7 heteroatoms. The molecule has 0 atom stereocenters. The first kappa shape index (κ1) is 53.6. The van der Waals surface area contributed by atoms with Crippen LogP contribution in [0.1, 0.15) is 7.43 Å². The van der Waals surface area contributed by atoms with E-state index in [1.54, 1.807) is 0 Å². The Morgan fingerprint density at radius 2 is 0.662 bits per heavy atom. The quantitative estimate of drug-likeness (QED) is 0.0946. The van der Waals surface area contributed by atoms with E-state index in [2.05, 4.69) is 252 Å². The molecular weight excluding hydrogens is 1120 g/mol. The first-order valence-corrected chi connectivity index (χ1v) is 35.6. The van der Waals surface area contributed by atoms with Crippen molar-refractivity contribution in [3.63, 3.8) is 0 Å². The normalized spacial score (nSPS) is 11.6. The molecule has 0 bridgehead atoms. The van der Waals surface area contributed by atoms with Crippen molar-refractivity contribution < 1.29 is 20.1 Å². The van der Waals surface area contributed by atoms with Crippen LogP contribution in [0.3, 0.4) is 0 Å². The summed E-state index contributed by atoms with van der Waals surface area (Å²) in [6.07, 6.45) is 6.14. The first-order valence-electron chi connectivity index (χ1n) is 25.1. The number of aromatic nitrogens is 3. The molecule has 0 spiro atoms. The molecule has 0 aliphatic rings. The van der Waals surface area contributed by atoms with E-state index in [1.165, 1.54) is 85.8 Å². The standard InChI is InChI=1S/C26H23NSi.C26H22NSi.C14H16NSi.CH4.Ir/c2*1-28(2,3)19-13-15-26(27-17-19)18-12-14-24-22-10-5-4-8-20(22)21-9-6-7-11-23(21)25(24)16-18;1-16(2,3)13-9-10-14(15-11-13)12-7-5-4-6-8-12;;/h4-17H,1-3H3;4-11,13-17H,1-3H3;4-7,9-11H,1-3H3;1H4;/q;2*-1;;. The van der Waals surface area contributed by atoms with Crippen LogP contribution in [0.25, 0.3) is 98.4 Å². The number of nitrogens with zero attached hydrogens (tertiary/aromatic N) is 3. The molecule has 0 amide bonds. The third-order valence-corrected chi connectivity index (χ3v) is 19.9. The maximum Gasteiger partial charge on any atom is 0.0796 e. The molecule has 0 unspecified atom stereocenters. The second kappa shape index (κ2) is 22.0. The van der Waals surface area contributed by atoms with Crippen molar-refractivity contribution in [2.75, 3.05) is 0 Å². The van der Waals surface area contributed by atoms with Crippen LogP contribution < -0.4 is 15.6 Å². The van der Waals surface area contributed by atoms with Gasteiger partial charge in [-0.05, 0) is 87.6 Å². The third kappa shape index (κ3) is 11.2. The van der Waals surface area contributed by atoms with E-state index < -0.39 is 24.2 Å². The summed E-state index contributed by atoms with van der Waals surface area (Å²) in [6, 6.07) is 73.6. The molecule has 3 nitrogen and oxygen atoms in total. The van der Waals surface area contributed by atoms with E-state index >= 15 is 0 Å². The van der Waals surface area contributed by atoms with Gasteiger partial charge in [-0.3, -0.25) is 4.98 Å². The molecule has 9 aromatic carbocycles. The Morgan fingerprint density at radius 1 is 0.311 bits per heavy atom. The predicted octanol–water partition coefficient (Wildman–Crippen LogP) is 17.0. The van der Waals surface area contributed by atoms with Gasteiger partial charge in [0.1, 0.15) is 0 Å². The molecule has 3 heterocycles. The van der Waals surface area contributed by atoms with Crippen LogP contribution in [0.4, 0.5) is 0 Å². The molecule has 0 aliphatic carbocycles. The molecule has 0 fully saturated rings. The summed E-state index contributed by atoms with van der Waals surface area (Å²) in [6.45, 7) is 21.1. The predicted molar refractivity (Wildman–Crippen MR) is 327 cm³/mol. The zero-order valence-corrected chi connectivity index (χ0v) is 48.7. The second-order valence-corrected chi connectivity index (χ2v) is 37.2. The van der Waals surface area contributed by atoms with Crippen LogP contribution in [-0.4, -0.2) is 39.2 Å². The van der Waals surface area contributed by atoms with Crippen LogP contribution in [0, 0.1) is 12.1 Å². The molecule has 0 saturated heterocycles. The number of benzene rings is 9. The van der Waals surface area contributed by atoms with Gasteiger partial charge >= 0.3 is 0 Å². The Labute approximate surface area is 455 Å². The van der Waals surface area contributed by atoms with Crippen molar-refractivity contribution >= 4 is 104 Å². The Morgan fingerprint density at radius 3 is 1.04 bits per heavy atom. The summed E-state index contributed by atoms with van der Waals surface area (Å²) >= 11 is 0. The minimum Gasteiger partial charge on any atom is -0.305 e. The van der Waals surface area contributed by atoms with Crippen LogP contribution in [0.5, 0.6) is 0 Å². The van der Waals surface area contributed by atoms with Gasteiger partial charge in [0.15, 0.2) is 0 Å². The second-order valence-electron chi connectivity index (χ2n) is 21.9. The number of fused-ring (bicyclic) bond motifs is 12. The summed E-state index contributed by atoms with van der Waals surface area (Å²) < 4.78 is 0. The summed E-state index contributed by atoms with van der Waals surface area (Å²) in [4.78, 5) is 14.1. The van der Waals surface area contributed by atoms with E-state index in [4.69, 9.17) is 9.97 Å². The Kier molecular flexibility index (Phi) is 15.9. The van der Waals surface area contributed by atoms with Gasteiger partial charge in [0.2, 0.25) is 0 Å². The van der Waals surface area contributed by atoms with Crippen molar-refractivity contribution in [2.24, 2.45) is 0 Å². The smallest absolute Gasteiger partial charge is 0.0796 e. The third-order valence-electron chi connectivity index (χ3n) is 13.9. The van der Waals surface area contributed by atoms with Crippen LogP contribution in [0.15, 0.2) is 207 Å². The Balaban J connectivity index is 0.000000152. The minimum atomic E-state index is -1.34. The Bertz CT molecular complexity index is 3610. The van der Waals surface area contributed by atoms with E-state index in [0.717, 1.165) is 28.2 Å². The van der Waals surface area contributed by atoms with E-state index in [9.17, 15) is 0 Å². The van der Waals surface area contributed by atoms with Gasteiger partial charge in [-0.25, -0.2) is 0 Å². The van der Waals surface area contributed by atoms with Gasteiger partial charge in [-0.2, -0.15) is 0 Å². The van der Waals surface area contributed by atoms with Gasteiger partial charge in [0, 0.05) is 44.3 Å². The number of hydrogen-bond acceptors (Lipinski definition) is 3. The van der Waals surface area contributed by atoms with Crippen molar-refractivity contribution in [3.8, 4) is 33.8 Å². The van der Waals surface area contributed by atoms with Gasteiger partial charge in [0.05, 0.1) is 29.9 Å². The van der Waals surface area contributed by atoms with E-state index in [0.29, 0.717) is 0 Å². The molecule has 1 radical (unpaired) electrons. The molecular formula is C67H65IrN3Si3-2. The van der Waals surface area contributed by atoms with Gasteiger partial charge in [0.25, 0.3) is 0 Å². The maximum absolute atomic E-state index is 4.80. The summed E-state index contributed by atoms with van der Waals surface area (Å²) in [7, 11) is -3.90. The van der Waals surface area contributed by atoms with Gasteiger partial charge in [-0.15, -0.1) is 59.7 Å². The molecule has 3 aromatic heterocycles. The number of rotatable bonds is 6. The molecule has 12 rings (SSSR count). The zero-order chi connectivity index (χ0) is 50.2. The Hall–Kier alpha value is -6.71. The fourth-order valence-corrected chi connectivity index (χ4v) is 12.7. The van der Waals surface area contributed by atoms with Crippen LogP contribution in [-0.2, 0) is 20.1 Å². The summed E-state index contributed by atoms with van der Waals surface area (Å²) in [5.74, 6) is 0. The molecule has 12 aromatic rings. The van der Waals surface area contributed by atoms with Crippen LogP contribution >= 0.6 is 0 Å². The minimum absolute atomic E-state index is 0. The maximum atomic E-state index is 4.80. The fraction of sp³-hybridized carbons (Fsp3) is 0.149. The van der Waals surface area contributed by atoms with Crippen LogP contribution in [0.2, 0.25) is 58.9 Å². The number of pyridine rings is 3. The van der Waals surface area contributed by atoms with E-state index in [1.807, 2.05) is 30.5 Å². The molecule has 0 saturated carbocycles. The fourth-order valence-electron chi connectivity index (χ4n) is 9.61. The average molecular weight is 1190 g/mol. The van der Waals surface area contributed by atoms with Gasteiger partial charge < -0.3 is 9.97 Å². The zero-order valence-electron chi connectivity index (χ0n) is 43.3. The molecule has 371 valence electrons. The average Bonchev–Trinajstić information content (AvgIpc) is 3.41. The molecule has 74 heavy (non-hydrogen) atoms. The van der Waals surface area contributed by atoms with Crippen molar-refractivity contribution in [1.29, 1.82) is 0 Å². The van der Waals surface area contributed by atoms with Crippen molar-refractivity contribution in [1.82, 2.24) is 15.0 Å². The van der Waals surface area contributed by atoms with Crippen molar-refractivity contribution in [3.05, 3.63) is 219 Å². The topological polar surface area (TPSA) is 38.7 Å². The molecule has 0 N–H and O–H groups in total. The summed E-state index contributed by atoms with van der Waals surface area (Å²) in [5.41, 5.74) is 6.32. The van der Waals surface area contributed by atoms with Gasteiger partial charge in [-0.1, -0.05) is 222 Å². The number of hydrogen-bond donors (Lipinski definition) is 0. The monoisotopic (exact) mass is 1190 g/mol. The molecule has 0 aliphatic heterocycles. The SMILES string of the molecule is C.C[Si](C)(C)c1ccc(-c2[c-]cc3c4ccccc4c4ccccc4c3c2)nc1.C[Si](C)(C)c1ccc(-c2[c-]cccc2)nc1.C[Si](C)(C)c1ccc(-c2ccc3c4ccccc4c4ccccc4c3c2)nc1.[Ir]. The summed E-state index contributed by atoms with van der Waals surface area (Å²) in [5, 5.41) is 19.7. The largest absolute Gasteiger partial charge is 0.305 e. The van der Waals surface area contributed by atoms with Crippen molar-refractivity contribution in [2.45, 2.75) is 66.3 Å². The first-order chi connectivity index (χ1) is 34.6. The van der Waals surface area contributed by atoms with E-state index in [-0.39, 0.29) is 27.5 Å².